The molecule has 2 aliphatic rings. The van der Waals surface area contributed by atoms with Crippen LogP contribution < -0.4 is 10.6 Å². The molecule has 0 aromatic rings. The Bertz CT molecular complexity index is 275. The molecule has 1 saturated carbocycles. The van der Waals surface area contributed by atoms with Gasteiger partial charge in [0.1, 0.15) is 0 Å². The van der Waals surface area contributed by atoms with E-state index in [4.69, 9.17) is 0 Å². The fourth-order valence-corrected chi connectivity index (χ4v) is 3.05. The van der Waals surface area contributed by atoms with Crippen LogP contribution in [0.1, 0.15) is 51.9 Å². The number of nitrogens with one attached hydrogen (secondary N) is 2. The fraction of sp³-hybridized carbons (Fsp3) is 0.923. The quantitative estimate of drug-likeness (QED) is 0.688. The van der Waals surface area contributed by atoms with Crippen LogP contribution in [0.3, 0.4) is 0 Å². The van der Waals surface area contributed by atoms with E-state index in [9.17, 15) is 9.90 Å². The molecule has 17 heavy (non-hydrogen) atoms. The predicted octanol–water partition coefficient (Wildman–Crippen LogP) is 0.938. The molecule has 0 aromatic heterocycles. The molecule has 98 valence electrons. The number of hydrogen-bond donors (Lipinski definition) is 3. The zero-order valence-electron chi connectivity index (χ0n) is 10.7. The minimum Gasteiger partial charge on any atom is -0.391 e. The van der Waals surface area contributed by atoms with Crippen molar-refractivity contribution in [1.29, 1.82) is 0 Å². The monoisotopic (exact) mass is 240 g/mol. The molecule has 1 heterocycles. The van der Waals surface area contributed by atoms with Crippen LogP contribution >= 0.6 is 0 Å². The highest BCUT2D eigenvalue weighted by molar-refractivity contribution is 5.87. The Labute approximate surface area is 103 Å². The summed E-state index contributed by atoms with van der Waals surface area (Å²) in [6, 6.07) is -0.0397. The van der Waals surface area contributed by atoms with Crippen LogP contribution in [-0.4, -0.2) is 35.2 Å². The summed E-state index contributed by atoms with van der Waals surface area (Å²) in [5.41, 5.74) is -0.378. The van der Waals surface area contributed by atoms with Crippen LogP contribution in [0.25, 0.3) is 0 Å². The summed E-state index contributed by atoms with van der Waals surface area (Å²) >= 11 is 0. The van der Waals surface area contributed by atoms with E-state index in [1.54, 1.807) is 0 Å². The molecule has 2 fully saturated rings. The smallest absolute Gasteiger partial charge is 0.240 e. The van der Waals surface area contributed by atoms with Crippen LogP contribution in [0, 0.1) is 0 Å². The molecule has 3 atom stereocenters. The van der Waals surface area contributed by atoms with E-state index in [-0.39, 0.29) is 23.6 Å². The molecule has 0 bridgehead atoms. The highest BCUT2D eigenvalue weighted by Crippen LogP contribution is 2.25. The van der Waals surface area contributed by atoms with Crippen molar-refractivity contribution in [3.05, 3.63) is 0 Å². The van der Waals surface area contributed by atoms with Gasteiger partial charge >= 0.3 is 0 Å². The Kier molecular flexibility index (Phi) is 4.05. The number of hydrogen-bond acceptors (Lipinski definition) is 3. The summed E-state index contributed by atoms with van der Waals surface area (Å²) in [6.45, 7) is 2.98. The highest BCUT2D eigenvalue weighted by Gasteiger charge is 2.40. The first-order valence-corrected chi connectivity index (χ1v) is 6.92. The van der Waals surface area contributed by atoms with Crippen molar-refractivity contribution < 1.29 is 9.90 Å². The largest absolute Gasteiger partial charge is 0.391 e. The van der Waals surface area contributed by atoms with E-state index in [2.05, 4.69) is 17.6 Å². The molecular weight excluding hydrogens is 216 g/mol. The lowest BCUT2D eigenvalue weighted by Crippen LogP contribution is -2.57. The number of rotatable bonds is 3. The first kappa shape index (κ1) is 12.8. The van der Waals surface area contributed by atoms with Gasteiger partial charge in [-0.25, -0.2) is 0 Å². The van der Waals surface area contributed by atoms with Crippen LogP contribution in [0.2, 0.25) is 0 Å². The maximum Gasteiger partial charge on any atom is 0.240 e. The van der Waals surface area contributed by atoms with Gasteiger partial charge in [0.25, 0.3) is 0 Å². The average molecular weight is 240 g/mol. The van der Waals surface area contributed by atoms with Crippen LogP contribution in [0.15, 0.2) is 0 Å². The number of amides is 1. The summed E-state index contributed by atoms with van der Waals surface area (Å²) in [5.74, 6) is 0.0865. The van der Waals surface area contributed by atoms with Crippen molar-refractivity contribution in [3.8, 4) is 0 Å². The van der Waals surface area contributed by atoms with Gasteiger partial charge in [0.05, 0.1) is 17.7 Å². The van der Waals surface area contributed by atoms with Crippen molar-refractivity contribution in [1.82, 2.24) is 10.6 Å². The van der Waals surface area contributed by atoms with Crippen LogP contribution in [0.4, 0.5) is 0 Å². The summed E-state index contributed by atoms with van der Waals surface area (Å²) in [5, 5.41) is 16.3. The molecule has 0 spiro atoms. The van der Waals surface area contributed by atoms with E-state index in [0.29, 0.717) is 0 Å². The van der Waals surface area contributed by atoms with E-state index in [1.807, 2.05) is 0 Å². The van der Waals surface area contributed by atoms with E-state index in [1.165, 1.54) is 0 Å². The lowest BCUT2D eigenvalue weighted by Gasteiger charge is -2.33. The lowest BCUT2D eigenvalue weighted by molar-refractivity contribution is -0.129. The van der Waals surface area contributed by atoms with Crippen molar-refractivity contribution >= 4 is 5.91 Å². The molecule has 3 N–H and O–H groups in total. The molecule has 4 nitrogen and oxygen atoms in total. The van der Waals surface area contributed by atoms with Gasteiger partial charge in [0.15, 0.2) is 0 Å². The van der Waals surface area contributed by atoms with Gasteiger partial charge in [-0.15, -0.1) is 0 Å². The second-order valence-corrected chi connectivity index (χ2v) is 5.40. The SMILES string of the molecule is CCC1(C(=O)N[C@@H]2CCCC[C@H]2O)CCCN1. The van der Waals surface area contributed by atoms with Gasteiger partial charge in [-0.05, 0) is 38.6 Å². The van der Waals surface area contributed by atoms with E-state index >= 15 is 0 Å². The normalized spacial score (nSPS) is 38.0. The summed E-state index contributed by atoms with van der Waals surface area (Å²) < 4.78 is 0. The number of aliphatic hydroxyl groups is 1. The third-order valence-electron chi connectivity index (χ3n) is 4.33. The number of aliphatic hydroxyl groups excluding tert-OH is 1. The zero-order chi connectivity index (χ0) is 12.3. The number of carbonyl (C=O) groups is 1. The maximum atomic E-state index is 12.3. The predicted molar refractivity (Wildman–Crippen MR) is 66.7 cm³/mol. The minimum atomic E-state index is -0.378. The third-order valence-corrected chi connectivity index (χ3v) is 4.33. The first-order chi connectivity index (χ1) is 8.18. The standard InChI is InChI=1S/C13H24N2O2/c1-2-13(8-5-9-14-13)12(17)15-10-6-3-4-7-11(10)16/h10-11,14,16H,2-9H2,1H3,(H,15,17)/t10-,11-,13?/m1/s1. The topological polar surface area (TPSA) is 61.4 Å². The third kappa shape index (κ3) is 2.63. The van der Waals surface area contributed by atoms with Gasteiger partial charge < -0.3 is 15.7 Å². The van der Waals surface area contributed by atoms with E-state index in [0.717, 1.165) is 51.5 Å². The Morgan fingerprint density at radius 3 is 2.76 bits per heavy atom. The Hall–Kier alpha value is -0.610. The maximum absolute atomic E-state index is 12.3. The Balaban J connectivity index is 1.95. The molecule has 0 aromatic carbocycles. The highest BCUT2D eigenvalue weighted by atomic mass is 16.3. The van der Waals surface area contributed by atoms with Gasteiger partial charge in [0, 0.05) is 0 Å². The summed E-state index contributed by atoms with van der Waals surface area (Å²) in [7, 11) is 0. The van der Waals surface area contributed by atoms with Crippen molar-refractivity contribution in [2.45, 2.75) is 69.6 Å². The number of carbonyl (C=O) groups excluding carboxylic acids is 1. The van der Waals surface area contributed by atoms with Gasteiger partial charge in [-0.3, -0.25) is 4.79 Å². The van der Waals surface area contributed by atoms with Crippen LogP contribution in [-0.2, 0) is 4.79 Å². The Morgan fingerprint density at radius 2 is 2.18 bits per heavy atom. The second kappa shape index (κ2) is 5.36. The van der Waals surface area contributed by atoms with Crippen molar-refractivity contribution in [2.24, 2.45) is 0 Å². The van der Waals surface area contributed by atoms with Gasteiger partial charge in [0.2, 0.25) is 5.91 Å². The fourth-order valence-electron chi connectivity index (χ4n) is 3.05. The summed E-state index contributed by atoms with van der Waals surface area (Å²) in [6.07, 6.45) is 6.35. The van der Waals surface area contributed by atoms with Crippen molar-refractivity contribution in [2.75, 3.05) is 6.54 Å². The molecule has 1 aliphatic carbocycles. The molecule has 1 unspecified atom stereocenters. The van der Waals surface area contributed by atoms with Crippen molar-refractivity contribution in [3.63, 3.8) is 0 Å². The lowest BCUT2D eigenvalue weighted by atomic mass is 9.89. The molecule has 0 radical (unpaired) electrons. The molecule has 2 rings (SSSR count). The van der Waals surface area contributed by atoms with Gasteiger partial charge in [-0.2, -0.15) is 0 Å². The Morgan fingerprint density at radius 1 is 1.41 bits per heavy atom. The zero-order valence-corrected chi connectivity index (χ0v) is 10.7. The molecule has 1 aliphatic heterocycles. The summed E-state index contributed by atoms with van der Waals surface area (Å²) in [4.78, 5) is 12.3. The molecule has 1 saturated heterocycles. The minimum absolute atomic E-state index is 0.0397. The second-order valence-electron chi connectivity index (χ2n) is 5.40. The van der Waals surface area contributed by atoms with E-state index < -0.39 is 0 Å². The molecular formula is C13H24N2O2. The molecule has 1 amide bonds. The molecule has 4 heteroatoms. The van der Waals surface area contributed by atoms with Crippen LogP contribution in [0.5, 0.6) is 0 Å². The first-order valence-electron chi connectivity index (χ1n) is 6.92. The van der Waals surface area contributed by atoms with Gasteiger partial charge in [-0.1, -0.05) is 19.8 Å². The average Bonchev–Trinajstić information content (AvgIpc) is 2.82.